The number of anilines is 2. The molecular formula is C34H50N8O2. The van der Waals surface area contributed by atoms with Gasteiger partial charge in [0.2, 0.25) is 5.91 Å². The van der Waals surface area contributed by atoms with Gasteiger partial charge in [0.25, 0.3) is 0 Å². The number of aromatic amines is 1. The third-order valence-corrected chi connectivity index (χ3v) is 10.8. The van der Waals surface area contributed by atoms with Crippen LogP contribution in [0.3, 0.4) is 0 Å². The average Bonchev–Trinajstić information content (AvgIpc) is 3.56. The minimum atomic E-state index is -0.116. The largest absolute Gasteiger partial charge is 0.382 e. The minimum Gasteiger partial charge on any atom is -0.382 e. The molecule has 10 nitrogen and oxygen atoms in total. The molecule has 1 aromatic carbocycles. The highest BCUT2D eigenvalue weighted by Gasteiger charge is 2.45. The van der Waals surface area contributed by atoms with E-state index >= 15 is 0 Å². The van der Waals surface area contributed by atoms with Crippen LogP contribution >= 0.6 is 0 Å². The van der Waals surface area contributed by atoms with Gasteiger partial charge >= 0.3 is 0 Å². The number of aryl methyl sites for hydroxylation is 1. The van der Waals surface area contributed by atoms with E-state index in [9.17, 15) is 4.79 Å². The molecule has 238 valence electrons. The molecule has 3 aromatic rings. The Morgan fingerprint density at radius 2 is 1.86 bits per heavy atom. The van der Waals surface area contributed by atoms with Crippen LogP contribution in [0.15, 0.2) is 18.7 Å². The minimum absolute atomic E-state index is 0.00478. The number of ether oxygens (including phenoxy) is 1. The van der Waals surface area contributed by atoms with Crippen LogP contribution in [0.25, 0.3) is 22.0 Å². The van der Waals surface area contributed by atoms with Crippen molar-refractivity contribution in [2.24, 2.45) is 0 Å². The van der Waals surface area contributed by atoms with Crippen LogP contribution in [-0.2, 0) is 9.53 Å². The summed E-state index contributed by atoms with van der Waals surface area (Å²) >= 11 is 0. The lowest BCUT2D eigenvalue weighted by Gasteiger charge is -2.55. The maximum Gasteiger partial charge on any atom is 0.245 e. The van der Waals surface area contributed by atoms with Gasteiger partial charge in [-0.1, -0.05) is 13.5 Å². The number of aromatic nitrogens is 4. The highest BCUT2D eigenvalue weighted by Crippen LogP contribution is 2.47. The van der Waals surface area contributed by atoms with Crippen LogP contribution in [0.5, 0.6) is 0 Å². The van der Waals surface area contributed by atoms with Crippen molar-refractivity contribution in [3.05, 3.63) is 35.5 Å². The number of H-pyrrole nitrogens is 1. The number of nitrogens with zero attached hydrogens (tertiary/aromatic N) is 6. The molecule has 0 spiro atoms. The summed E-state index contributed by atoms with van der Waals surface area (Å²) in [5.74, 6) is 1.56. The van der Waals surface area contributed by atoms with Crippen LogP contribution < -0.4 is 10.6 Å². The number of piperazine rings is 1. The Kier molecular flexibility index (Phi) is 8.26. The zero-order valence-corrected chi connectivity index (χ0v) is 27.4. The normalized spacial score (nSPS) is 24.4. The van der Waals surface area contributed by atoms with E-state index in [0.29, 0.717) is 24.9 Å². The van der Waals surface area contributed by atoms with Gasteiger partial charge in [-0.2, -0.15) is 10.2 Å². The van der Waals surface area contributed by atoms with E-state index in [1.807, 2.05) is 4.90 Å². The number of rotatable bonds is 6. The van der Waals surface area contributed by atoms with E-state index in [-0.39, 0.29) is 23.5 Å². The van der Waals surface area contributed by atoms with Crippen molar-refractivity contribution in [2.45, 2.75) is 97.3 Å². The Morgan fingerprint density at radius 3 is 2.52 bits per heavy atom. The van der Waals surface area contributed by atoms with Crippen molar-refractivity contribution in [1.29, 1.82) is 0 Å². The molecule has 3 saturated heterocycles. The van der Waals surface area contributed by atoms with Crippen LogP contribution in [0.2, 0.25) is 0 Å². The maximum atomic E-state index is 12.4. The monoisotopic (exact) mass is 602 g/mol. The number of amides is 1. The third kappa shape index (κ3) is 5.09. The van der Waals surface area contributed by atoms with Gasteiger partial charge in [-0.05, 0) is 90.0 Å². The van der Waals surface area contributed by atoms with Crippen molar-refractivity contribution in [3.8, 4) is 11.1 Å². The number of likely N-dealkylation sites (tertiary alicyclic amines) is 1. The second-order valence-corrected chi connectivity index (χ2v) is 13.6. The van der Waals surface area contributed by atoms with Gasteiger partial charge in [-0.15, -0.1) is 0 Å². The van der Waals surface area contributed by atoms with Gasteiger partial charge in [0.05, 0.1) is 22.5 Å². The highest BCUT2D eigenvalue weighted by atomic mass is 16.5. The van der Waals surface area contributed by atoms with E-state index in [1.165, 1.54) is 17.2 Å². The number of piperidine rings is 1. The first-order valence-corrected chi connectivity index (χ1v) is 16.4. The number of benzene rings is 1. The first-order chi connectivity index (χ1) is 21.1. The summed E-state index contributed by atoms with van der Waals surface area (Å²) < 4.78 is 7.98. The first-order valence-electron chi connectivity index (χ1n) is 16.4. The van der Waals surface area contributed by atoms with Crippen LogP contribution in [-0.4, -0.2) is 92.7 Å². The smallest absolute Gasteiger partial charge is 0.245 e. The standard InChI is InChI=1S/C34H50N8O2/c1-8-28(43)39-14-10-26(11-15-39)42-24(6)30(29-23(5)21(3)18-27-31(29)32(35)37-36-27)33(38-42)41-22(4)19-40(20-34(41,7)9-2)25-12-16-44-17-13-25/h8,18,22,25-26H,1,9-17,19-20H2,2-7H3,(H3,35,36,37)/t22?,34-/m0/s1. The van der Waals surface area contributed by atoms with Gasteiger partial charge in [0.15, 0.2) is 11.6 Å². The fourth-order valence-electron chi connectivity index (χ4n) is 8.15. The van der Waals surface area contributed by atoms with Gasteiger partial charge in [-0.25, -0.2) is 0 Å². The average molecular weight is 603 g/mol. The maximum absolute atomic E-state index is 12.4. The number of carbonyl (C=O) groups is 1. The molecule has 3 aliphatic rings. The van der Waals surface area contributed by atoms with Crippen molar-refractivity contribution in [2.75, 3.05) is 50.0 Å². The highest BCUT2D eigenvalue weighted by molar-refractivity contribution is 6.06. The van der Waals surface area contributed by atoms with Gasteiger partial charge < -0.3 is 20.3 Å². The zero-order chi connectivity index (χ0) is 31.3. The Labute approximate surface area is 261 Å². The summed E-state index contributed by atoms with van der Waals surface area (Å²) in [5.41, 5.74) is 13.2. The number of nitrogens with one attached hydrogen (secondary N) is 1. The molecular weight excluding hydrogens is 552 g/mol. The summed E-state index contributed by atoms with van der Waals surface area (Å²) in [6.45, 7) is 22.4. The molecule has 6 rings (SSSR count). The van der Waals surface area contributed by atoms with E-state index in [2.05, 4.69) is 78.9 Å². The number of nitrogen functional groups attached to an aromatic ring is 1. The van der Waals surface area contributed by atoms with E-state index in [1.54, 1.807) is 0 Å². The van der Waals surface area contributed by atoms with E-state index < -0.39 is 0 Å². The number of fused-ring (bicyclic) bond motifs is 1. The predicted molar refractivity (Wildman–Crippen MR) is 177 cm³/mol. The summed E-state index contributed by atoms with van der Waals surface area (Å²) in [7, 11) is 0. The lowest BCUT2D eigenvalue weighted by Crippen LogP contribution is -2.66. The fourth-order valence-corrected chi connectivity index (χ4v) is 8.15. The second-order valence-electron chi connectivity index (χ2n) is 13.6. The van der Waals surface area contributed by atoms with Gasteiger partial charge in [0, 0.05) is 68.3 Å². The molecule has 1 unspecified atom stereocenters. The Balaban J connectivity index is 1.50. The molecule has 0 radical (unpaired) electrons. The van der Waals surface area contributed by atoms with Crippen LogP contribution in [0.1, 0.15) is 75.7 Å². The number of hydrogen-bond acceptors (Lipinski definition) is 7. The SMILES string of the molecule is C=CC(=O)N1CCC(n2nc(N3C(C)CN(C4CCOCC4)C[C@]3(C)CC)c(-c3c(C)c(C)cc4[nH]nc(N)c34)c2C)CC1. The summed E-state index contributed by atoms with van der Waals surface area (Å²) in [4.78, 5) is 19.6. The molecule has 0 bridgehead atoms. The van der Waals surface area contributed by atoms with Crippen molar-refractivity contribution < 1.29 is 9.53 Å². The second kappa shape index (κ2) is 11.9. The number of hydrogen-bond donors (Lipinski definition) is 2. The van der Waals surface area contributed by atoms with E-state index in [0.717, 1.165) is 91.9 Å². The summed E-state index contributed by atoms with van der Waals surface area (Å²) in [5, 5.41) is 14.1. The Bertz CT molecular complexity index is 1540. The molecule has 44 heavy (non-hydrogen) atoms. The van der Waals surface area contributed by atoms with E-state index in [4.69, 9.17) is 15.6 Å². The summed E-state index contributed by atoms with van der Waals surface area (Å²) in [6, 6.07) is 3.16. The van der Waals surface area contributed by atoms with Crippen molar-refractivity contribution >= 4 is 28.4 Å². The molecule has 0 saturated carbocycles. The van der Waals surface area contributed by atoms with Crippen molar-refractivity contribution in [3.63, 3.8) is 0 Å². The molecule has 2 atom stereocenters. The van der Waals surface area contributed by atoms with Crippen molar-refractivity contribution in [1.82, 2.24) is 29.8 Å². The molecule has 0 aliphatic carbocycles. The lowest BCUT2D eigenvalue weighted by atomic mass is 9.86. The number of carbonyl (C=O) groups excluding carboxylic acids is 1. The molecule has 5 heterocycles. The molecule has 2 aromatic heterocycles. The van der Waals surface area contributed by atoms with Crippen LogP contribution in [0.4, 0.5) is 11.6 Å². The van der Waals surface area contributed by atoms with Crippen LogP contribution in [0, 0.1) is 20.8 Å². The zero-order valence-electron chi connectivity index (χ0n) is 27.4. The Hall–Kier alpha value is -3.37. The third-order valence-electron chi connectivity index (χ3n) is 10.8. The lowest BCUT2D eigenvalue weighted by molar-refractivity contribution is -0.127. The topological polar surface area (TPSA) is 109 Å². The molecule has 10 heteroatoms. The predicted octanol–water partition coefficient (Wildman–Crippen LogP) is 5.14. The fraction of sp³-hybridized carbons (Fsp3) is 0.618. The van der Waals surface area contributed by atoms with Gasteiger partial charge in [0.1, 0.15) is 0 Å². The molecule has 3 fully saturated rings. The van der Waals surface area contributed by atoms with Gasteiger partial charge in [-0.3, -0.25) is 19.5 Å². The first kappa shape index (κ1) is 30.6. The summed E-state index contributed by atoms with van der Waals surface area (Å²) in [6.07, 6.45) is 6.33. The molecule has 3 aliphatic heterocycles. The molecule has 1 amide bonds. The Morgan fingerprint density at radius 1 is 1.16 bits per heavy atom. The quantitative estimate of drug-likeness (QED) is 0.376. The molecule has 3 N–H and O–H groups in total. The number of nitrogens with two attached hydrogens (primary N) is 1.